The summed E-state index contributed by atoms with van der Waals surface area (Å²) in [4.78, 5) is 14.5. The Morgan fingerprint density at radius 2 is 2.04 bits per heavy atom. The highest BCUT2D eigenvalue weighted by atomic mass is 35.5. The molecule has 0 spiro atoms. The summed E-state index contributed by atoms with van der Waals surface area (Å²) in [7, 11) is 0. The number of benzene rings is 2. The fourth-order valence-corrected chi connectivity index (χ4v) is 3.08. The van der Waals surface area contributed by atoms with Gasteiger partial charge in [-0.2, -0.15) is 0 Å². The maximum Gasteiger partial charge on any atom is 0.254 e. The summed E-state index contributed by atoms with van der Waals surface area (Å²) in [5, 5.41) is 10.8. The molecule has 1 saturated heterocycles. The SMILES string of the molecule is Cc1c(O)cccc1C(=O)N1CCO[C@@H](c2ccc(Cl)c(Cl)c2)C1. The summed E-state index contributed by atoms with van der Waals surface area (Å²) in [5.74, 6) is 0.00639. The smallest absolute Gasteiger partial charge is 0.254 e. The Kier molecular flexibility index (Phi) is 4.99. The van der Waals surface area contributed by atoms with Crippen molar-refractivity contribution in [3.8, 4) is 5.75 Å². The normalized spacial score (nSPS) is 17.8. The van der Waals surface area contributed by atoms with E-state index in [1.165, 1.54) is 0 Å². The fraction of sp³-hybridized carbons (Fsp3) is 0.278. The lowest BCUT2D eigenvalue weighted by Crippen LogP contribution is -2.42. The van der Waals surface area contributed by atoms with E-state index >= 15 is 0 Å². The van der Waals surface area contributed by atoms with Gasteiger partial charge >= 0.3 is 0 Å². The van der Waals surface area contributed by atoms with E-state index in [2.05, 4.69) is 0 Å². The number of phenols is 1. The van der Waals surface area contributed by atoms with Crippen LogP contribution in [-0.4, -0.2) is 35.6 Å². The molecule has 0 aliphatic carbocycles. The van der Waals surface area contributed by atoms with Crippen molar-refractivity contribution in [2.75, 3.05) is 19.7 Å². The van der Waals surface area contributed by atoms with Crippen molar-refractivity contribution in [2.45, 2.75) is 13.0 Å². The van der Waals surface area contributed by atoms with Crippen molar-refractivity contribution in [3.63, 3.8) is 0 Å². The number of aromatic hydroxyl groups is 1. The van der Waals surface area contributed by atoms with E-state index in [0.717, 1.165) is 5.56 Å². The number of rotatable bonds is 2. The van der Waals surface area contributed by atoms with E-state index in [0.29, 0.717) is 40.9 Å². The maximum absolute atomic E-state index is 12.8. The summed E-state index contributed by atoms with van der Waals surface area (Å²) in [6.45, 7) is 3.10. The summed E-state index contributed by atoms with van der Waals surface area (Å²) in [5.41, 5.74) is 1.97. The predicted octanol–water partition coefficient (Wildman–Crippen LogP) is 4.22. The van der Waals surface area contributed by atoms with Gasteiger partial charge in [0.05, 0.1) is 23.2 Å². The van der Waals surface area contributed by atoms with Gasteiger partial charge in [0.2, 0.25) is 0 Å². The van der Waals surface area contributed by atoms with E-state index in [-0.39, 0.29) is 17.8 Å². The summed E-state index contributed by atoms with van der Waals surface area (Å²) in [6, 6.07) is 10.3. The lowest BCUT2D eigenvalue weighted by Gasteiger charge is -2.33. The Hall–Kier alpha value is -1.75. The highest BCUT2D eigenvalue weighted by Gasteiger charge is 2.27. The summed E-state index contributed by atoms with van der Waals surface area (Å²) < 4.78 is 5.78. The largest absolute Gasteiger partial charge is 0.508 e. The Bertz CT molecular complexity index is 779. The van der Waals surface area contributed by atoms with Gasteiger partial charge in [-0.3, -0.25) is 4.79 Å². The molecule has 0 bridgehead atoms. The van der Waals surface area contributed by atoms with E-state index < -0.39 is 0 Å². The Labute approximate surface area is 150 Å². The van der Waals surface area contributed by atoms with Crippen LogP contribution in [0.5, 0.6) is 5.75 Å². The molecule has 126 valence electrons. The molecule has 0 unspecified atom stereocenters. The Balaban J connectivity index is 1.81. The molecule has 3 rings (SSSR count). The van der Waals surface area contributed by atoms with Gasteiger partial charge in [0.1, 0.15) is 11.9 Å². The highest BCUT2D eigenvalue weighted by Crippen LogP contribution is 2.30. The van der Waals surface area contributed by atoms with Crippen LogP contribution in [0.4, 0.5) is 0 Å². The van der Waals surface area contributed by atoms with Gasteiger partial charge in [0.25, 0.3) is 5.91 Å². The molecule has 0 radical (unpaired) electrons. The molecule has 1 aliphatic heterocycles. The molecule has 6 heteroatoms. The van der Waals surface area contributed by atoms with Crippen molar-refractivity contribution in [1.29, 1.82) is 0 Å². The molecule has 4 nitrogen and oxygen atoms in total. The zero-order valence-corrected chi connectivity index (χ0v) is 14.6. The zero-order chi connectivity index (χ0) is 17.3. The number of morpholine rings is 1. The molecule has 2 aromatic carbocycles. The second kappa shape index (κ2) is 7.01. The number of halogens is 2. The minimum Gasteiger partial charge on any atom is -0.508 e. The molecule has 2 aromatic rings. The molecule has 1 N–H and O–H groups in total. The molecule has 0 saturated carbocycles. The van der Waals surface area contributed by atoms with Crippen molar-refractivity contribution in [2.24, 2.45) is 0 Å². The Morgan fingerprint density at radius 3 is 2.79 bits per heavy atom. The van der Waals surface area contributed by atoms with Crippen LogP contribution in [0.2, 0.25) is 10.0 Å². The van der Waals surface area contributed by atoms with E-state index in [1.54, 1.807) is 42.2 Å². The van der Waals surface area contributed by atoms with Gasteiger partial charge in [0, 0.05) is 17.7 Å². The molecular formula is C18H17Cl2NO3. The zero-order valence-electron chi connectivity index (χ0n) is 13.1. The quantitative estimate of drug-likeness (QED) is 0.866. The first kappa shape index (κ1) is 17.1. The number of amides is 1. The van der Waals surface area contributed by atoms with Crippen LogP contribution >= 0.6 is 23.2 Å². The first-order valence-electron chi connectivity index (χ1n) is 7.62. The van der Waals surface area contributed by atoms with Crippen molar-refractivity contribution in [1.82, 2.24) is 4.90 Å². The van der Waals surface area contributed by atoms with Gasteiger partial charge in [-0.1, -0.05) is 35.3 Å². The lowest BCUT2D eigenvalue weighted by molar-refractivity contribution is -0.0228. The molecule has 1 atom stereocenters. The number of hydrogen-bond donors (Lipinski definition) is 1. The standard InChI is InChI=1S/C18H17Cl2NO3/c1-11-13(3-2-4-16(11)22)18(23)21-7-8-24-17(10-21)12-5-6-14(19)15(20)9-12/h2-6,9,17,22H,7-8,10H2,1H3/t17-/m1/s1. The van der Waals surface area contributed by atoms with Crippen molar-refractivity contribution < 1.29 is 14.6 Å². The van der Waals surface area contributed by atoms with Crippen LogP contribution in [0.25, 0.3) is 0 Å². The summed E-state index contributed by atoms with van der Waals surface area (Å²) >= 11 is 12.0. The fourth-order valence-electron chi connectivity index (χ4n) is 2.77. The minimum absolute atomic E-state index is 0.114. The number of carbonyl (C=O) groups is 1. The van der Waals surface area contributed by atoms with E-state index in [1.807, 2.05) is 6.07 Å². The van der Waals surface area contributed by atoms with Gasteiger partial charge < -0.3 is 14.7 Å². The lowest BCUT2D eigenvalue weighted by atomic mass is 10.0. The third-order valence-corrected chi connectivity index (χ3v) is 4.94. The van der Waals surface area contributed by atoms with Gasteiger partial charge in [-0.05, 0) is 36.8 Å². The maximum atomic E-state index is 12.8. The molecular weight excluding hydrogens is 349 g/mol. The average molecular weight is 366 g/mol. The first-order chi connectivity index (χ1) is 11.5. The van der Waals surface area contributed by atoms with Crippen LogP contribution in [0.1, 0.15) is 27.6 Å². The minimum atomic E-state index is -0.255. The van der Waals surface area contributed by atoms with Crippen LogP contribution in [-0.2, 0) is 4.74 Å². The molecule has 1 heterocycles. The van der Waals surface area contributed by atoms with E-state index in [9.17, 15) is 9.90 Å². The van der Waals surface area contributed by atoms with Gasteiger partial charge in [-0.15, -0.1) is 0 Å². The number of hydrogen-bond acceptors (Lipinski definition) is 3. The number of ether oxygens (including phenoxy) is 1. The third kappa shape index (κ3) is 3.36. The van der Waals surface area contributed by atoms with Crippen molar-refractivity contribution >= 4 is 29.1 Å². The topological polar surface area (TPSA) is 49.8 Å². The Morgan fingerprint density at radius 1 is 1.25 bits per heavy atom. The van der Waals surface area contributed by atoms with Gasteiger partial charge in [0.15, 0.2) is 0 Å². The van der Waals surface area contributed by atoms with Crippen LogP contribution in [0.3, 0.4) is 0 Å². The monoisotopic (exact) mass is 365 g/mol. The first-order valence-corrected chi connectivity index (χ1v) is 8.37. The number of carbonyl (C=O) groups excluding carboxylic acids is 1. The van der Waals surface area contributed by atoms with Crippen LogP contribution in [0, 0.1) is 6.92 Å². The molecule has 24 heavy (non-hydrogen) atoms. The predicted molar refractivity (Wildman–Crippen MR) is 93.9 cm³/mol. The molecule has 1 aliphatic rings. The molecule has 1 fully saturated rings. The van der Waals surface area contributed by atoms with Crippen molar-refractivity contribution in [3.05, 3.63) is 63.1 Å². The second-order valence-corrected chi connectivity index (χ2v) is 6.55. The van der Waals surface area contributed by atoms with E-state index in [4.69, 9.17) is 27.9 Å². The molecule has 0 aromatic heterocycles. The van der Waals surface area contributed by atoms with Crippen LogP contribution < -0.4 is 0 Å². The highest BCUT2D eigenvalue weighted by molar-refractivity contribution is 6.42. The second-order valence-electron chi connectivity index (χ2n) is 5.73. The number of phenolic OH excluding ortho intramolecular Hbond substituents is 1. The number of nitrogens with zero attached hydrogens (tertiary/aromatic N) is 1. The molecule has 1 amide bonds. The third-order valence-electron chi connectivity index (χ3n) is 4.20. The van der Waals surface area contributed by atoms with Gasteiger partial charge in [-0.25, -0.2) is 0 Å². The van der Waals surface area contributed by atoms with Crippen LogP contribution in [0.15, 0.2) is 36.4 Å². The average Bonchev–Trinajstić information content (AvgIpc) is 2.59. The summed E-state index contributed by atoms with van der Waals surface area (Å²) in [6.07, 6.45) is -0.255.